The first kappa shape index (κ1) is 33.2. The fourth-order valence-electron chi connectivity index (χ4n) is 3.33. The van der Waals surface area contributed by atoms with Crippen molar-refractivity contribution in [3.05, 3.63) is 36.4 Å². The Labute approximate surface area is 236 Å². The summed E-state index contributed by atoms with van der Waals surface area (Å²) in [7, 11) is -25.1. The Kier molecular flexibility index (Phi) is 8.74. The number of sulfone groups is 1. The predicted octanol–water partition coefficient (Wildman–Crippen LogP) is 1.000. The summed E-state index contributed by atoms with van der Waals surface area (Å²) in [4.78, 5) is -4.24. The summed E-state index contributed by atoms with van der Waals surface area (Å²) in [6.07, 6.45) is 0. The van der Waals surface area contributed by atoms with Crippen LogP contribution in [-0.2, 0) is 54.8 Å². The molecule has 19 nitrogen and oxygen atoms in total. The lowest BCUT2D eigenvalue weighted by atomic mass is 10.1. The summed E-state index contributed by atoms with van der Waals surface area (Å²) in [6, 6.07) is 3.32. The molecule has 0 heterocycles. The van der Waals surface area contributed by atoms with Crippen LogP contribution in [0.25, 0.3) is 10.8 Å². The van der Waals surface area contributed by atoms with Crippen LogP contribution in [0.2, 0.25) is 0 Å². The maximum absolute atomic E-state index is 12.4. The number of fused-ring (bicyclic) bond motifs is 1. The van der Waals surface area contributed by atoms with E-state index in [1.54, 1.807) is 0 Å². The van der Waals surface area contributed by atoms with E-state index in [2.05, 4.69) is 14.4 Å². The molecular weight excluding hydrogens is 677 g/mol. The minimum Gasteiger partial charge on any atom is -0.507 e. The van der Waals surface area contributed by atoms with E-state index in [-0.39, 0.29) is 0 Å². The second kappa shape index (κ2) is 11.1. The molecule has 0 aromatic heterocycles. The lowest BCUT2D eigenvalue weighted by Crippen LogP contribution is -2.16. The summed E-state index contributed by atoms with van der Waals surface area (Å²) >= 11 is 0. The molecule has 0 bridgehead atoms. The Hall–Kier alpha value is -3.33. The second-order valence-electron chi connectivity index (χ2n) is 7.94. The standard InChI is InChI=1S/C18H16N2O17S5/c21-13-7-11(39(25,26)27)5-9-6-15(41(31,32)33)17(18(22)16(9)13)20-19-12-2-1-10(8-14(12)40(28,29)30)38(23,24)4-3-37-42(34,35)36/h1-2,5-8,21-22H,3-4H2,(H,25,26,27)(H,28,29,30)(H,31,32,33)(H,34,35,36). The van der Waals surface area contributed by atoms with Gasteiger partial charge in [0.05, 0.1) is 27.5 Å². The van der Waals surface area contributed by atoms with Crippen LogP contribution in [0.1, 0.15) is 0 Å². The lowest BCUT2D eigenvalue weighted by Gasteiger charge is -2.11. The smallest absolute Gasteiger partial charge is 0.397 e. The highest BCUT2D eigenvalue weighted by molar-refractivity contribution is 7.91. The average Bonchev–Trinajstić information content (AvgIpc) is 2.80. The molecule has 3 aromatic carbocycles. The Morgan fingerprint density at radius 3 is 1.79 bits per heavy atom. The van der Waals surface area contributed by atoms with Gasteiger partial charge in [-0.05, 0) is 35.7 Å². The highest BCUT2D eigenvalue weighted by Crippen LogP contribution is 2.45. The van der Waals surface area contributed by atoms with E-state index in [0.29, 0.717) is 36.4 Å². The Morgan fingerprint density at radius 2 is 1.26 bits per heavy atom. The van der Waals surface area contributed by atoms with Crippen molar-refractivity contribution >= 4 is 72.7 Å². The van der Waals surface area contributed by atoms with Gasteiger partial charge in [-0.3, -0.25) is 18.2 Å². The van der Waals surface area contributed by atoms with Crippen molar-refractivity contribution in [1.29, 1.82) is 0 Å². The third-order valence-electron chi connectivity index (χ3n) is 5.09. The van der Waals surface area contributed by atoms with E-state index in [1.807, 2.05) is 0 Å². The average molecular weight is 693 g/mol. The molecule has 42 heavy (non-hydrogen) atoms. The molecule has 0 atom stereocenters. The minimum atomic E-state index is -5.32. The molecule has 0 spiro atoms. The van der Waals surface area contributed by atoms with Crippen molar-refractivity contribution in [2.45, 2.75) is 19.6 Å². The van der Waals surface area contributed by atoms with Gasteiger partial charge in [0, 0.05) is 6.07 Å². The maximum Gasteiger partial charge on any atom is 0.397 e. The molecule has 0 aliphatic carbocycles. The number of hydrogen-bond donors (Lipinski definition) is 6. The molecule has 0 aliphatic heterocycles. The fourth-order valence-corrected chi connectivity index (χ4v) is 6.76. The molecule has 24 heteroatoms. The van der Waals surface area contributed by atoms with Gasteiger partial charge in [0.15, 0.2) is 15.6 Å². The summed E-state index contributed by atoms with van der Waals surface area (Å²) in [5.74, 6) is -3.36. The van der Waals surface area contributed by atoms with Crippen LogP contribution >= 0.6 is 0 Å². The van der Waals surface area contributed by atoms with Crippen LogP contribution < -0.4 is 0 Å². The molecule has 0 radical (unpaired) electrons. The highest BCUT2D eigenvalue weighted by Gasteiger charge is 2.27. The van der Waals surface area contributed by atoms with Crippen molar-refractivity contribution in [2.24, 2.45) is 10.2 Å². The summed E-state index contributed by atoms with van der Waals surface area (Å²) in [6.45, 7) is -1.08. The van der Waals surface area contributed by atoms with Gasteiger partial charge >= 0.3 is 10.4 Å². The lowest BCUT2D eigenvalue weighted by molar-refractivity contribution is 0.284. The Balaban J connectivity index is 2.22. The van der Waals surface area contributed by atoms with Gasteiger partial charge in [-0.15, -0.1) is 10.2 Å². The Bertz CT molecular complexity index is 2190. The van der Waals surface area contributed by atoms with Crippen LogP contribution in [0.15, 0.2) is 66.2 Å². The van der Waals surface area contributed by atoms with E-state index < -0.39 is 116 Å². The van der Waals surface area contributed by atoms with E-state index in [9.17, 15) is 66.0 Å². The number of aromatic hydroxyl groups is 2. The van der Waals surface area contributed by atoms with Crippen LogP contribution in [0.4, 0.5) is 11.4 Å². The number of hydrogen-bond acceptors (Lipinski definition) is 15. The van der Waals surface area contributed by atoms with Gasteiger partial charge in [-0.1, -0.05) is 0 Å². The molecule has 0 saturated carbocycles. The Morgan fingerprint density at radius 1 is 0.667 bits per heavy atom. The van der Waals surface area contributed by atoms with E-state index in [1.165, 1.54) is 0 Å². The maximum atomic E-state index is 12.4. The zero-order valence-corrected chi connectivity index (χ0v) is 24.1. The van der Waals surface area contributed by atoms with Crippen molar-refractivity contribution in [3.63, 3.8) is 0 Å². The van der Waals surface area contributed by atoms with Gasteiger partial charge in [0.2, 0.25) is 0 Å². The third-order valence-corrected chi connectivity index (χ3v) is 9.81. The van der Waals surface area contributed by atoms with Gasteiger partial charge in [-0.25, -0.2) is 12.6 Å². The molecule has 3 rings (SSSR count). The van der Waals surface area contributed by atoms with Crippen LogP contribution in [0, 0.1) is 0 Å². The molecule has 6 N–H and O–H groups in total. The molecule has 0 saturated heterocycles. The predicted molar refractivity (Wildman–Crippen MR) is 137 cm³/mol. The normalized spacial score (nSPS) is 13.6. The van der Waals surface area contributed by atoms with Crippen LogP contribution in [0.5, 0.6) is 11.5 Å². The summed E-state index contributed by atoms with van der Waals surface area (Å²) in [5.41, 5.74) is -2.00. The quantitative estimate of drug-likeness (QED) is 0.127. The van der Waals surface area contributed by atoms with E-state index >= 15 is 0 Å². The van der Waals surface area contributed by atoms with Crippen molar-refractivity contribution in [3.8, 4) is 11.5 Å². The number of nitrogens with zero attached hydrogens (tertiary/aromatic N) is 2. The first-order chi connectivity index (χ1) is 18.9. The monoisotopic (exact) mass is 692 g/mol. The number of benzene rings is 3. The van der Waals surface area contributed by atoms with Crippen LogP contribution in [-0.4, -0.2) is 82.9 Å². The molecule has 0 aliphatic rings. The molecule has 0 unspecified atom stereocenters. The van der Waals surface area contributed by atoms with Gasteiger partial charge in [-0.2, -0.15) is 33.7 Å². The van der Waals surface area contributed by atoms with Crippen molar-refractivity contribution in [2.75, 3.05) is 12.4 Å². The zero-order chi connectivity index (χ0) is 32.1. The third kappa shape index (κ3) is 7.54. The number of phenolic OH excluding ortho intramolecular Hbond substituents is 2. The number of azo groups is 1. The number of rotatable bonds is 10. The largest absolute Gasteiger partial charge is 0.507 e. The highest BCUT2D eigenvalue weighted by atomic mass is 32.3. The topological polar surface area (TPSA) is 326 Å². The first-order valence-corrected chi connectivity index (χ1v) is 17.6. The van der Waals surface area contributed by atoms with Gasteiger partial charge in [0.25, 0.3) is 30.4 Å². The van der Waals surface area contributed by atoms with Gasteiger partial charge < -0.3 is 10.2 Å². The van der Waals surface area contributed by atoms with Crippen molar-refractivity contribution in [1.82, 2.24) is 0 Å². The molecular formula is C18H16N2O17S5. The van der Waals surface area contributed by atoms with Gasteiger partial charge in [0.1, 0.15) is 26.9 Å². The first-order valence-electron chi connectivity index (χ1n) is 10.3. The molecule has 230 valence electrons. The molecule has 0 fully saturated rings. The van der Waals surface area contributed by atoms with Crippen molar-refractivity contribution < 1.29 is 74.7 Å². The molecule has 3 aromatic rings. The number of phenols is 2. The molecule has 0 amide bonds. The van der Waals surface area contributed by atoms with Crippen LogP contribution in [0.3, 0.4) is 0 Å². The zero-order valence-electron chi connectivity index (χ0n) is 20.0. The SMILES string of the molecule is O=S(=O)(O)OCCS(=O)(=O)c1ccc(N=Nc2c(S(=O)(=O)O)cc3cc(S(=O)(=O)O)cc(O)c3c2O)c(S(=O)(=O)O)c1. The fraction of sp³-hybridized carbons (Fsp3) is 0.111. The summed E-state index contributed by atoms with van der Waals surface area (Å²) < 4.78 is 158. The second-order valence-corrected chi connectivity index (χ2v) is 15.3. The van der Waals surface area contributed by atoms with E-state index in [0.717, 1.165) is 0 Å². The minimum absolute atomic E-state index is 0.360. The van der Waals surface area contributed by atoms with E-state index in [4.69, 9.17) is 4.55 Å². The summed E-state index contributed by atoms with van der Waals surface area (Å²) in [5, 5.41) is 26.4.